The maximum absolute atomic E-state index is 12.9. The number of hydrogen-bond donors (Lipinski definition) is 0. The Hall–Kier alpha value is -2.37. The molecule has 6 nitrogen and oxygen atoms in total. The molecule has 3 aliphatic heterocycles. The maximum atomic E-state index is 12.9. The van der Waals surface area contributed by atoms with E-state index in [1.165, 1.54) is 10.8 Å². The molecule has 3 atom stereocenters. The predicted molar refractivity (Wildman–Crippen MR) is 104 cm³/mol. The molecule has 5 rings (SSSR count). The van der Waals surface area contributed by atoms with E-state index in [0.29, 0.717) is 0 Å². The van der Waals surface area contributed by atoms with Crippen molar-refractivity contribution in [1.29, 1.82) is 0 Å². The first-order valence-electron chi connectivity index (χ1n) is 9.93. The third-order valence-corrected chi connectivity index (χ3v) is 6.09. The molecule has 2 bridgehead atoms. The summed E-state index contributed by atoms with van der Waals surface area (Å²) < 4.78 is 5.73. The Morgan fingerprint density at radius 2 is 1.89 bits per heavy atom. The van der Waals surface area contributed by atoms with Crippen LogP contribution in [0.5, 0.6) is 0 Å². The number of piperazine rings is 1. The molecule has 1 amide bonds. The van der Waals surface area contributed by atoms with Gasteiger partial charge in [0.15, 0.2) is 0 Å². The van der Waals surface area contributed by atoms with Gasteiger partial charge >= 0.3 is 6.09 Å². The first kappa shape index (κ1) is 16.8. The number of rotatable bonds is 0. The van der Waals surface area contributed by atoms with E-state index in [-0.39, 0.29) is 24.2 Å². The van der Waals surface area contributed by atoms with Crippen LogP contribution in [-0.4, -0.2) is 51.2 Å². The summed E-state index contributed by atoms with van der Waals surface area (Å²) in [5.74, 6) is 1.04. The molecule has 3 unspecified atom stereocenters. The number of aromatic nitrogens is 2. The number of hydrogen-bond acceptors (Lipinski definition) is 5. The minimum absolute atomic E-state index is 0.166. The molecular formula is C21H26N4O2. The van der Waals surface area contributed by atoms with Crippen LogP contribution in [0.25, 0.3) is 10.8 Å². The van der Waals surface area contributed by atoms with Crippen molar-refractivity contribution >= 4 is 22.7 Å². The van der Waals surface area contributed by atoms with Gasteiger partial charge in [0, 0.05) is 24.3 Å². The van der Waals surface area contributed by atoms with Crippen LogP contribution in [0, 0.1) is 0 Å². The molecule has 2 saturated heterocycles. The third kappa shape index (κ3) is 2.65. The molecule has 0 aromatic carbocycles. The van der Waals surface area contributed by atoms with Gasteiger partial charge in [0.05, 0.1) is 23.8 Å². The summed E-state index contributed by atoms with van der Waals surface area (Å²) in [6.45, 7) is 6.62. The number of anilines is 1. The SMILES string of the molecule is CC(C)(C)OC(=O)N1C2CCC1C1CCc3nccc4ccnc(c34)N1C2. The summed E-state index contributed by atoms with van der Waals surface area (Å²) in [5, 5.41) is 2.39. The quantitative estimate of drug-likeness (QED) is 0.714. The Kier molecular flexibility index (Phi) is 3.61. The Balaban J connectivity index is 1.53. The summed E-state index contributed by atoms with van der Waals surface area (Å²) >= 11 is 0. The second-order valence-electron chi connectivity index (χ2n) is 8.93. The minimum atomic E-state index is -0.468. The zero-order valence-electron chi connectivity index (χ0n) is 16.2. The van der Waals surface area contributed by atoms with Gasteiger partial charge in [-0.1, -0.05) is 0 Å². The minimum Gasteiger partial charge on any atom is -0.444 e. The number of aryl methyl sites for hydroxylation is 1. The van der Waals surface area contributed by atoms with E-state index in [9.17, 15) is 4.79 Å². The molecule has 5 heterocycles. The number of ether oxygens (including phenoxy) is 1. The lowest BCUT2D eigenvalue weighted by atomic mass is 9.98. The second-order valence-corrected chi connectivity index (χ2v) is 8.93. The lowest BCUT2D eigenvalue weighted by Crippen LogP contribution is -2.62. The second kappa shape index (κ2) is 5.81. The smallest absolute Gasteiger partial charge is 0.410 e. The lowest BCUT2D eigenvalue weighted by Gasteiger charge is -2.47. The van der Waals surface area contributed by atoms with Crippen molar-refractivity contribution in [2.24, 2.45) is 0 Å². The van der Waals surface area contributed by atoms with Crippen molar-refractivity contribution in [2.75, 3.05) is 11.4 Å². The Morgan fingerprint density at radius 1 is 1.11 bits per heavy atom. The number of fused-ring (bicyclic) bond motifs is 5. The van der Waals surface area contributed by atoms with Gasteiger partial charge in [-0.05, 0) is 64.0 Å². The summed E-state index contributed by atoms with van der Waals surface area (Å²) in [7, 11) is 0. The summed E-state index contributed by atoms with van der Waals surface area (Å²) in [6, 6.07) is 4.77. The van der Waals surface area contributed by atoms with Gasteiger partial charge in [-0.2, -0.15) is 0 Å². The Labute approximate surface area is 159 Å². The van der Waals surface area contributed by atoms with Crippen LogP contribution in [-0.2, 0) is 11.2 Å². The molecule has 142 valence electrons. The zero-order valence-corrected chi connectivity index (χ0v) is 16.2. The van der Waals surface area contributed by atoms with Crippen molar-refractivity contribution in [3.8, 4) is 0 Å². The summed E-state index contributed by atoms with van der Waals surface area (Å²) in [5.41, 5.74) is 0.662. The summed E-state index contributed by atoms with van der Waals surface area (Å²) in [6.07, 6.45) is 7.59. The van der Waals surface area contributed by atoms with Gasteiger partial charge in [0.25, 0.3) is 0 Å². The van der Waals surface area contributed by atoms with E-state index in [0.717, 1.165) is 43.7 Å². The fourth-order valence-corrected chi connectivity index (χ4v) is 5.09. The van der Waals surface area contributed by atoms with E-state index < -0.39 is 5.60 Å². The van der Waals surface area contributed by atoms with Crippen molar-refractivity contribution in [3.63, 3.8) is 0 Å². The molecular weight excluding hydrogens is 340 g/mol. The van der Waals surface area contributed by atoms with Gasteiger partial charge < -0.3 is 9.64 Å². The van der Waals surface area contributed by atoms with Gasteiger partial charge in [-0.25, -0.2) is 9.78 Å². The van der Waals surface area contributed by atoms with E-state index >= 15 is 0 Å². The molecule has 2 fully saturated rings. The molecule has 0 radical (unpaired) electrons. The van der Waals surface area contributed by atoms with Crippen LogP contribution >= 0.6 is 0 Å². The number of pyridine rings is 2. The maximum Gasteiger partial charge on any atom is 0.410 e. The number of amides is 1. The fraction of sp³-hybridized carbons (Fsp3) is 0.571. The van der Waals surface area contributed by atoms with Crippen LogP contribution in [0.2, 0.25) is 0 Å². The largest absolute Gasteiger partial charge is 0.444 e. The zero-order chi connectivity index (χ0) is 18.8. The molecule has 2 aromatic heterocycles. The molecule has 27 heavy (non-hydrogen) atoms. The number of nitrogens with zero attached hydrogens (tertiary/aromatic N) is 4. The molecule has 3 aliphatic rings. The topological polar surface area (TPSA) is 58.6 Å². The molecule has 0 N–H and O–H groups in total. The van der Waals surface area contributed by atoms with Gasteiger partial charge in [0.1, 0.15) is 11.4 Å². The van der Waals surface area contributed by atoms with E-state index in [1.54, 1.807) is 0 Å². The highest BCUT2D eigenvalue weighted by atomic mass is 16.6. The normalized spacial score (nSPS) is 26.7. The number of carbonyl (C=O) groups excluding carboxylic acids is 1. The van der Waals surface area contributed by atoms with E-state index in [1.807, 2.05) is 38.1 Å². The van der Waals surface area contributed by atoms with Crippen LogP contribution in [0.1, 0.15) is 45.7 Å². The lowest BCUT2D eigenvalue weighted by molar-refractivity contribution is 0.00723. The highest BCUT2D eigenvalue weighted by Crippen LogP contribution is 2.42. The first-order chi connectivity index (χ1) is 12.9. The molecule has 6 heteroatoms. The van der Waals surface area contributed by atoms with Crippen LogP contribution < -0.4 is 4.90 Å². The van der Waals surface area contributed by atoms with Gasteiger partial charge in [-0.3, -0.25) is 9.88 Å². The fourth-order valence-electron chi connectivity index (χ4n) is 5.09. The van der Waals surface area contributed by atoms with Crippen LogP contribution in [0.15, 0.2) is 24.5 Å². The average molecular weight is 366 g/mol. The highest BCUT2D eigenvalue weighted by molar-refractivity contribution is 5.94. The van der Waals surface area contributed by atoms with Crippen LogP contribution in [0.3, 0.4) is 0 Å². The molecule has 0 saturated carbocycles. The average Bonchev–Trinajstić information content (AvgIpc) is 2.84. The number of carbonyl (C=O) groups is 1. The molecule has 0 aliphatic carbocycles. The summed E-state index contributed by atoms with van der Waals surface area (Å²) in [4.78, 5) is 26.8. The van der Waals surface area contributed by atoms with Crippen molar-refractivity contribution in [2.45, 2.75) is 70.2 Å². The predicted octanol–water partition coefficient (Wildman–Crippen LogP) is 3.53. The van der Waals surface area contributed by atoms with Crippen molar-refractivity contribution in [3.05, 3.63) is 30.2 Å². The van der Waals surface area contributed by atoms with E-state index in [4.69, 9.17) is 9.72 Å². The highest BCUT2D eigenvalue weighted by Gasteiger charge is 2.50. The molecule has 0 spiro atoms. The van der Waals surface area contributed by atoms with Crippen molar-refractivity contribution < 1.29 is 9.53 Å². The van der Waals surface area contributed by atoms with Crippen LogP contribution in [0.4, 0.5) is 10.6 Å². The van der Waals surface area contributed by atoms with Gasteiger partial charge in [-0.15, -0.1) is 0 Å². The monoisotopic (exact) mass is 366 g/mol. The van der Waals surface area contributed by atoms with Gasteiger partial charge in [0.2, 0.25) is 0 Å². The first-order valence-corrected chi connectivity index (χ1v) is 9.93. The standard InChI is InChI=1S/C21H26N4O2/c1-21(2,3)27-20(26)25-14-4-6-17(25)16-7-5-15-18-13(8-10-22-15)9-11-23-19(18)24(16)12-14/h8-11,14,16-17H,4-7,12H2,1-3H3. The Morgan fingerprint density at radius 3 is 2.67 bits per heavy atom. The van der Waals surface area contributed by atoms with Crippen molar-refractivity contribution in [1.82, 2.24) is 14.9 Å². The third-order valence-electron chi connectivity index (χ3n) is 6.09. The van der Waals surface area contributed by atoms with E-state index in [2.05, 4.69) is 22.0 Å². The Bertz CT molecular complexity index is 901. The molecule has 2 aromatic rings.